The Morgan fingerprint density at radius 3 is 2.91 bits per heavy atom. The molecule has 12 heteroatoms. The van der Waals surface area contributed by atoms with Gasteiger partial charge in [-0.3, -0.25) is 9.78 Å². The zero-order valence-electron chi connectivity index (χ0n) is 17.7. The number of alkyl halides is 1. The molecule has 5 heterocycles. The molecule has 2 bridgehead atoms. The molecule has 3 aliphatic rings. The van der Waals surface area contributed by atoms with Crippen LogP contribution in [0.4, 0.5) is 14.6 Å². The first-order valence-corrected chi connectivity index (χ1v) is 11.1. The van der Waals surface area contributed by atoms with E-state index in [-0.39, 0.29) is 40.1 Å². The number of H-pyrrole nitrogens is 1. The summed E-state index contributed by atoms with van der Waals surface area (Å²) in [5, 5.41) is 21.7. The number of aromatic nitrogens is 6. The number of fused-ring (bicyclic) bond motifs is 5. The number of hydrogen-bond donors (Lipinski definition) is 3. The van der Waals surface area contributed by atoms with Gasteiger partial charge in [0.1, 0.15) is 33.5 Å². The van der Waals surface area contributed by atoms with E-state index in [0.29, 0.717) is 41.8 Å². The molecule has 0 spiro atoms. The summed E-state index contributed by atoms with van der Waals surface area (Å²) < 4.78 is 32.1. The highest BCUT2D eigenvalue weighted by atomic mass is 35.5. The number of anilines is 1. The average Bonchev–Trinajstić information content (AvgIpc) is 3.34. The summed E-state index contributed by atoms with van der Waals surface area (Å²) in [6.07, 6.45) is 1.57. The molecule has 3 fully saturated rings. The smallest absolute Gasteiger partial charge is 0.177 e. The summed E-state index contributed by atoms with van der Waals surface area (Å²) in [5.41, 5.74) is 6.26. The Labute approximate surface area is 191 Å². The predicted octanol–water partition coefficient (Wildman–Crippen LogP) is 2.60. The van der Waals surface area contributed by atoms with Gasteiger partial charge in [-0.25, -0.2) is 18.7 Å². The van der Waals surface area contributed by atoms with Crippen molar-refractivity contribution in [1.29, 1.82) is 0 Å². The lowest BCUT2D eigenvalue weighted by Crippen LogP contribution is -2.66. The highest BCUT2D eigenvalue weighted by molar-refractivity contribution is 6.34. The molecule has 1 aliphatic carbocycles. The van der Waals surface area contributed by atoms with Crippen molar-refractivity contribution < 1.29 is 13.9 Å². The average molecular weight is 475 g/mol. The zero-order valence-corrected chi connectivity index (χ0v) is 18.4. The van der Waals surface area contributed by atoms with Crippen LogP contribution in [0.1, 0.15) is 25.0 Å². The van der Waals surface area contributed by atoms with Crippen LogP contribution >= 0.6 is 11.6 Å². The van der Waals surface area contributed by atoms with Gasteiger partial charge in [0, 0.05) is 24.7 Å². The van der Waals surface area contributed by atoms with E-state index in [1.165, 1.54) is 4.68 Å². The van der Waals surface area contributed by atoms with Gasteiger partial charge in [0.15, 0.2) is 11.5 Å². The summed E-state index contributed by atoms with van der Waals surface area (Å²) in [4.78, 5) is 11.0. The molecule has 2 aliphatic heterocycles. The standard InChI is InChI=1S/C21H21ClF2N8O/c1-31-18(22)14-11(30-31)3-2-10(15(14)23)16-17-19(29-28-16)27-20(12(7-33)26-17)32-8-21(24)5-4-9(32)6-13(21)25/h2-3,9,13,33H,4-8,25H2,1H3,(H,27,28,29)/t9-,13-,21?/m0/s1. The zero-order chi connectivity index (χ0) is 23.1. The number of nitrogens with two attached hydrogens (primary N) is 1. The number of benzene rings is 1. The normalized spacial score (nSPS) is 25.0. The fraction of sp³-hybridized carbons (Fsp3) is 0.429. The molecule has 1 unspecified atom stereocenters. The second kappa shape index (κ2) is 7.05. The molecular weight excluding hydrogens is 454 g/mol. The second-order valence-corrected chi connectivity index (χ2v) is 9.21. The minimum absolute atomic E-state index is 0.0182. The topological polar surface area (TPSA) is 122 Å². The molecule has 4 N–H and O–H groups in total. The molecule has 1 saturated carbocycles. The Balaban J connectivity index is 1.48. The number of aryl methyl sites for hydroxylation is 1. The summed E-state index contributed by atoms with van der Waals surface area (Å²) in [6.45, 7) is -0.314. The Kier molecular flexibility index (Phi) is 4.42. The molecular formula is C21H21ClF2N8O. The van der Waals surface area contributed by atoms with Crippen LogP contribution in [0.25, 0.3) is 33.3 Å². The van der Waals surface area contributed by atoms with Gasteiger partial charge in [-0.2, -0.15) is 10.2 Å². The Morgan fingerprint density at radius 2 is 2.18 bits per heavy atom. The maximum Gasteiger partial charge on any atom is 0.177 e. The molecule has 3 atom stereocenters. The molecule has 33 heavy (non-hydrogen) atoms. The van der Waals surface area contributed by atoms with Crippen LogP contribution in [0, 0.1) is 5.82 Å². The van der Waals surface area contributed by atoms with Crippen LogP contribution in [0.3, 0.4) is 0 Å². The van der Waals surface area contributed by atoms with E-state index >= 15 is 8.78 Å². The fourth-order valence-electron chi connectivity index (χ4n) is 5.14. The monoisotopic (exact) mass is 474 g/mol. The first-order chi connectivity index (χ1) is 15.8. The van der Waals surface area contributed by atoms with Crippen molar-refractivity contribution in [2.75, 3.05) is 11.4 Å². The van der Waals surface area contributed by atoms with Crippen LogP contribution < -0.4 is 10.6 Å². The lowest BCUT2D eigenvalue weighted by atomic mass is 9.74. The lowest BCUT2D eigenvalue weighted by molar-refractivity contribution is 0.0431. The number of hydrogen-bond acceptors (Lipinski definition) is 7. The van der Waals surface area contributed by atoms with E-state index in [0.717, 1.165) is 0 Å². The molecule has 1 aromatic carbocycles. The number of aromatic amines is 1. The van der Waals surface area contributed by atoms with Crippen molar-refractivity contribution in [1.82, 2.24) is 29.9 Å². The van der Waals surface area contributed by atoms with Gasteiger partial charge < -0.3 is 15.7 Å². The van der Waals surface area contributed by atoms with Gasteiger partial charge in [-0.1, -0.05) is 11.6 Å². The van der Waals surface area contributed by atoms with Gasteiger partial charge in [0.25, 0.3) is 0 Å². The molecule has 172 valence electrons. The Hall–Kier alpha value is -2.89. The maximum absolute atomic E-state index is 15.4. The quantitative estimate of drug-likeness (QED) is 0.417. The first-order valence-electron chi connectivity index (χ1n) is 10.7. The van der Waals surface area contributed by atoms with E-state index in [1.54, 1.807) is 19.2 Å². The van der Waals surface area contributed by atoms with Gasteiger partial charge in [-0.05, 0) is 31.4 Å². The molecule has 0 radical (unpaired) electrons. The van der Waals surface area contributed by atoms with Crippen LogP contribution in [0.2, 0.25) is 5.15 Å². The van der Waals surface area contributed by atoms with Crippen LogP contribution in [-0.4, -0.2) is 59.3 Å². The molecule has 2 saturated heterocycles. The van der Waals surface area contributed by atoms with E-state index < -0.39 is 24.1 Å². The minimum atomic E-state index is -1.50. The third-order valence-electron chi connectivity index (χ3n) is 6.95. The number of aliphatic hydroxyl groups excluding tert-OH is 1. The lowest BCUT2D eigenvalue weighted by Gasteiger charge is -2.52. The van der Waals surface area contributed by atoms with Crippen LogP contribution in [0.5, 0.6) is 0 Å². The summed E-state index contributed by atoms with van der Waals surface area (Å²) >= 11 is 6.23. The van der Waals surface area contributed by atoms with Crippen molar-refractivity contribution in [2.45, 2.75) is 43.6 Å². The van der Waals surface area contributed by atoms with Crippen molar-refractivity contribution in [2.24, 2.45) is 12.8 Å². The predicted molar refractivity (Wildman–Crippen MR) is 119 cm³/mol. The number of piperidine rings is 2. The molecule has 0 amide bonds. The number of halogens is 3. The van der Waals surface area contributed by atoms with Crippen molar-refractivity contribution in [3.8, 4) is 11.3 Å². The number of rotatable bonds is 3. The number of aliphatic hydroxyl groups is 1. The molecule has 4 aromatic rings. The highest BCUT2D eigenvalue weighted by Gasteiger charge is 2.51. The summed E-state index contributed by atoms with van der Waals surface area (Å²) in [5.74, 6) is -0.179. The first kappa shape index (κ1) is 20.7. The van der Waals surface area contributed by atoms with Crippen molar-refractivity contribution in [3.63, 3.8) is 0 Å². The molecule has 9 nitrogen and oxygen atoms in total. The van der Waals surface area contributed by atoms with Crippen molar-refractivity contribution >= 4 is 39.5 Å². The maximum atomic E-state index is 15.4. The Bertz CT molecular complexity index is 1420. The fourth-order valence-corrected chi connectivity index (χ4v) is 5.36. The summed E-state index contributed by atoms with van der Waals surface area (Å²) in [7, 11) is 1.63. The largest absolute Gasteiger partial charge is 0.390 e. The van der Waals surface area contributed by atoms with Crippen LogP contribution in [0.15, 0.2) is 12.1 Å². The number of nitrogens with one attached hydrogen (secondary N) is 1. The van der Waals surface area contributed by atoms with Gasteiger partial charge >= 0.3 is 0 Å². The second-order valence-electron chi connectivity index (χ2n) is 8.85. The third-order valence-corrected chi connectivity index (χ3v) is 7.38. The molecule has 3 aromatic heterocycles. The van der Waals surface area contributed by atoms with Crippen molar-refractivity contribution in [3.05, 3.63) is 28.8 Å². The van der Waals surface area contributed by atoms with E-state index in [9.17, 15) is 5.11 Å². The highest BCUT2D eigenvalue weighted by Crippen LogP contribution is 2.43. The van der Waals surface area contributed by atoms with E-state index in [4.69, 9.17) is 17.3 Å². The minimum Gasteiger partial charge on any atom is -0.390 e. The van der Waals surface area contributed by atoms with Gasteiger partial charge in [-0.15, -0.1) is 0 Å². The van der Waals surface area contributed by atoms with E-state index in [1.807, 2.05) is 4.90 Å². The van der Waals surface area contributed by atoms with E-state index in [2.05, 4.69) is 25.3 Å². The third kappa shape index (κ3) is 2.89. The summed E-state index contributed by atoms with van der Waals surface area (Å²) in [6, 6.07) is 2.72. The van der Waals surface area contributed by atoms with Gasteiger partial charge in [0.05, 0.1) is 24.1 Å². The Morgan fingerprint density at radius 1 is 1.36 bits per heavy atom. The van der Waals surface area contributed by atoms with Gasteiger partial charge in [0.2, 0.25) is 0 Å². The van der Waals surface area contributed by atoms with Crippen LogP contribution in [-0.2, 0) is 13.7 Å². The number of nitrogens with zero attached hydrogens (tertiary/aromatic N) is 6. The SMILES string of the molecule is Cn1nc2ccc(-c3n[nH]c4nc(N5CC6(F)CC[C@H]5C[C@@H]6N)c(CO)nc34)c(F)c2c1Cl. The molecule has 7 rings (SSSR count).